The molecule has 2 atom stereocenters. The van der Waals surface area contributed by atoms with Crippen LogP contribution in [0.15, 0.2) is 17.5 Å². The van der Waals surface area contributed by atoms with Gasteiger partial charge in [-0.1, -0.05) is 6.07 Å². The standard InChI is InChI=1S/C16H25N3O2S/c1-18-7-8-21-13(12-18)10-17-11-16(20)19-6-2-4-14(19)15-5-3-9-22-15/h3,5,9,13-14,17H,2,4,6-8,10-12H2,1H3/t13-,14-/m0/s1. The second kappa shape index (κ2) is 7.55. The molecular formula is C16H25N3O2S. The number of amides is 1. The van der Waals surface area contributed by atoms with Gasteiger partial charge in [0.1, 0.15) is 0 Å². The van der Waals surface area contributed by atoms with E-state index in [2.05, 4.69) is 34.8 Å². The van der Waals surface area contributed by atoms with Gasteiger partial charge in [-0.05, 0) is 31.3 Å². The summed E-state index contributed by atoms with van der Waals surface area (Å²) in [7, 11) is 2.11. The van der Waals surface area contributed by atoms with Gasteiger partial charge in [0, 0.05) is 31.1 Å². The Labute approximate surface area is 136 Å². The summed E-state index contributed by atoms with van der Waals surface area (Å²) in [5.74, 6) is 0.208. The fourth-order valence-electron chi connectivity index (χ4n) is 3.27. The summed E-state index contributed by atoms with van der Waals surface area (Å²) < 4.78 is 5.71. The maximum atomic E-state index is 12.5. The molecule has 2 saturated heterocycles. The van der Waals surface area contributed by atoms with E-state index in [1.165, 1.54) is 4.88 Å². The van der Waals surface area contributed by atoms with Crippen molar-refractivity contribution in [1.29, 1.82) is 0 Å². The minimum Gasteiger partial charge on any atom is -0.374 e. The minimum atomic E-state index is 0.193. The van der Waals surface area contributed by atoms with Crippen molar-refractivity contribution in [2.45, 2.75) is 25.0 Å². The number of rotatable bonds is 5. The van der Waals surface area contributed by atoms with Gasteiger partial charge in [0.15, 0.2) is 0 Å². The smallest absolute Gasteiger partial charge is 0.237 e. The number of hydrogen-bond donors (Lipinski definition) is 1. The van der Waals surface area contributed by atoms with Crippen molar-refractivity contribution in [2.75, 3.05) is 46.4 Å². The van der Waals surface area contributed by atoms with Gasteiger partial charge in [-0.2, -0.15) is 0 Å². The summed E-state index contributed by atoms with van der Waals surface area (Å²) >= 11 is 1.75. The molecule has 3 rings (SSSR count). The lowest BCUT2D eigenvalue weighted by Gasteiger charge is -2.30. The predicted octanol–water partition coefficient (Wildman–Crippen LogP) is 1.33. The summed E-state index contributed by atoms with van der Waals surface area (Å²) in [6.07, 6.45) is 2.38. The number of ether oxygens (including phenoxy) is 1. The largest absolute Gasteiger partial charge is 0.374 e. The van der Waals surface area contributed by atoms with Crippen LogP contribution in [0, 0.1) is 0 Å². The van der Waals surface area contributed by atoms with E-state index in [-0.39, 0.29) is 18.1 Å². The molecule has 0 aliphatic carbocycles. The summed E-state index contributed by atoms with van der Waals surface area (Å²) in [6, 6.07) is 4.49. The number of nitrogens with zero attached hydrogens (tertiary/aromatic N) is 2. The van der Waals surface area contributed by atoms with Crippen LogP contribution in [-0.2, 0) is 9.53 Å². The second-order valence-corrected chi connectivity index (χ2v) is 7.13. The minimum absolute atomic E-state index is 0.193. The number of carbonyl (C=O) groups excluding carboxylic acids is 1. The molecule has 0 unspecified atom stereocenters. The highest BCUT2D eigenvalue weighted by molar-refractivity contribution is 7.10. The molecule has 122 valence electrons. The van der Waals surface area contributed by atoms with Gasteiger partial charge in [-0.15, -0.1) is 11.3 Å². The van der Waals surface area contributed by atoms with Crippen LogP contribution < -0.4 is 5.32 Å². The van der Waals surface area contributed by atoms with Crippen LogP contribution >= 0.6 is 11.3 Å². The first kappa shape index (κ1) is 15.9. The van der Waals surface area contributed by atoms with E-state index in [1.54, 1.807) is 11.3 Å². The van der Waals surface area contributed by atoms with Crippen molar-refractivity contribution in [3.05, 3.63) is 22.4 Å². The Morgan fingerprint density at radius 1 is 1.50 bits per heavy atom. The first-order valence-corrected chi connectivity index (χ1v) is 8.96. The van der Waals surface area contributed by atoms with Gasteiger partial charge in [-0.25, -0.2) is 0 Å². The lowest BCUT2D eigenvalue weighted by Crippen LogP contribution is -2.46. The normalized spacial score (nSPS) is 26.5. The Kier molecular flexibility index (Phi) is 5.46. The Morgan fingerprint density at radius 2 is 2.41 bits per heavy atom. The zero-order chi connectivity index (χ0) is 15.4. The molecular weight excluding hydrogens is 298 g/mol. The summed E-state index contributed by atoms with van der Waals surface area (Å²) in [5.41, 5.74) is 0. The molecule has 3 heterocycles. The zero-order valence-corrected chi connectivity index (χ0v) is 14.0. The highest BCUT2D eigenvalue weighted by Crippen LogP contribution is 2.34. The molecule has 2 aliphatic rings. The molecule has 22 heavy (non-hydrogen) atoms. The molecule has 6 heteroatoms. The topological polar surface area (TPSA) is 44.8 Å². The van der Waals surface area contributed by atoms with Crippen LogP contribution in [0.2, 0.25) is 0 Å². The number of thiophene rings is 1. The van der Waals surface area contributed by atoms with Crippen molar-refractivity contribution in [1.82, 2.24) is 15.1 Å². The van der Waals surface area contributed by atoms with E-state index in [9.17, 15) is 4.79 Å². The second-order valence-electron chi connectivity index (χ2n) is 6.15. The Balaban J connectivity index is 1.45. The maximum Gasteiger partial charge on any atom is 0.237 e. The van der Waals surface area contributed by atoms with Crippen LogP contribution in [0.5, 0.6) is 0 Å². The Morgan fingerprint density at radius 3 is 3.18 bits per heavy atom. The molecule has 0 aromatic carbocycles. The number of likely N-dealkylation sites (N-methyl/N-ethyl adjacent to an activating group) is 1. The molecule has 0 saturated carbocycles. The number of carbonyl (C=O) groups is 1. The molecule has 1 aromatic heterocycles. The first-order valence-electron chi connectivity index (χ1n) is 8.08. The monoisotopic (exact) mass is 323 g/mol. The van der Waals surface area contributed by atoms with Crippen molar-refractivity contribution in [2.24, 2.45) is 0 Å². The summed E-state index contributed by atoms with van der Waals surface area (Å²) in [5, 5.41) is 5.37. The number of likely N-dealkylation sites (tertiary alicyclic amines) is 1. The fraction of sp³-hybridized carbons (Fsp3) is 0.688. The Hall–Kier alpha value is -0.950. The van der Waals surface area contributed by atoms with Gasteiger partial charge in [-0.3, -0.25) is 4.79 Å². The highest BCUT2D eigenvalue weighted by atomic mass is 32.1. The quantitative estimate of drug-likeness (QED) is 0.888. The molecule has 0 radical (unpaired) electrons. The molecule has 1 amide bonds. The van der Waals surface area contributed by atoms with Crippen LogP contribution in [0.25, 0.3) is 0 Å². The molecule has 1 N–H and O–H groups in total. The molecule has 5 nitrogen and oxygen atoms in total. The number of morpholine rings is 1. The average Bonchev–Trinajstić information content (AvgIpc) is 3.18. The Bertz CT molecular complexity index is 480. The average molecular weight is 323 g/mol. The van der Waals surface area contributed by atoms with Crippen LogP contribution in [0.4, 0.5) is 0 Å². The predicted molar refractivity (Wildman–Crippen MR) is 88.1 cm³/mol. The van der Waals surface area contributed by atoms with Gasteiger partial charge in [0.05, 0.1) is 25.3 Å². The van der Waals surface area contributed by atoms with Gasteiger partial charge < -0.3 is 19.9 Å². The summed E-state index contributed by atoms with van der Waals surface area (Å²) in [4.78, 5) is 18.1. The van der Waals surface area contributed by atoms with E-state index in [0.717, 1.165) is 45.6 Å². The van der Waals surface area contributed by atoms with Crippen molar-refractivity contribution in [3.63, 3.8) is 0 Å². The van der Waals surface area contributed by atoms with E-state index >= 15 is 0 Å². The summed E-state index contributed by atoms with van der Waals surface area (Å²) in [6.45, 7) is 4.74. The lowest BCUT2D eigenvalue weighted by molar-refractivity contribution is -0.131. The van der Waals surface area contributed by atoms with E-state index in [1.807, 2.05) is 4.90 Å². The molecule has 2 fully saturated rings. The SMILES string of the molecule is CN1CCO[C@@H](CNCC(=O)N2CCC[C@H]2c2cccs2)C1. The van der Waals surface area contributed by atoms with Crippen LogP contribution in [0.1, 0.15) is 23.8 Å². The van der Waals surface area contributed by atoms with Crippen molar-refractivity contribution >= 4 is 17.2 Å². The molecule has 0 spiro atoms. The van der Waals surface area contributed by atoms with Crippen molar-refractivity contribution < 1.29 is 9.53 Å². The van der Waals surface area contributed by atoms with E-state index in [0.29, 0.717) is 6.54 Å². The molecule has 2 aliphatic heterocycles. The third-order valence-corrected chi connectivity index (χ3v) is 5.41. The zero-order valence-electron chi connectivity index (χ0n) is 13.2. The highest BCUT2D eigenvalue weighted by Gasteiger charge is 2.30. The van der Waals surface area contributed by atoms with Gasteiger partial charge >= 0.3 is 0 Å². The van der Waals surface area contributed by atoms with E-state index < -0.39 is 0 Å². The number of nitrogens with one attached hydrogen (secondary N) is 1. The van der Waals surface area contributed by atoms with Crippen LogP contribution in [-0.4, -0.2) is 68.2 Å². The maximum absolute atomic E-state index is 12.5. The van der Waals surface area contributed by atoms with Gasteiger partial charge in [0.2, 0.25) is 5.91 Å². The fourth-order valence-corrected chi connectivity index (χ4v) is 4.15. The molecule has 1 aromatic rings. The van der Waals surface area contributed by atoms with Gasteiger partial charge in [0.25, 0.3) is 0 Å². The molecule has 0 bridgehead atoms. The van der Waals surface area contributed by atoms with Crippen LogP contribution in [0.3, 0.4) is 0 Å². The third-order valence-electron chi connectivity index (χ3n) is 4.43. The van der Waals surface area contributed by atoms with Crippen molar-refractivity contribution in [3.8, 4) is 0 Å². The van der Waals surface area contributed by atoms with E-state index in [4.69, 9.17) is 4.74 Å². The first-order chi connectivity index (χ1) is 10.7. The lowest BCUT2D eigenvalue weighted by atomic mass is 10.2. The number of hydrogen-bond acceptors (Lipinski definition) is 5. The third kappa shape index (κ3) is 3.87.